The van der Waals surface area contributed by atoms with Crippen LogP contribution in [0.25, 0.3) is 0 Å². The van der Waals surface area contributed by atoms with Gasteiger partial charge in [0.25, 0.3) is 10.0 Å². The van der Waals surface area contributed by atoms with E-state index in [9.17, 15) is 8.42 Å². The van der Waals surface area contributed by atoms with Crippen molar-refractivity contribution in [3.05, 3.63) is 48.2 Å². The molecule has 1 aromatic heterocycles. The highest BCUT2D eigenvalue weighted by atomic mass is 35.5. The lowest BCUT2D eigenvalue weighted by Gasteiger charge is -2.21. The van der Waals surface area contributed by atoms with Crippen LogP contribution < -0.4 is 0 Å². The second-order valence-corrected chi connectivity index (χ2v) is 6.57. The number of rotatable bonds is 6. The Balaban J connectivity index is 2.31. The van der Waals surface area contributed by atoms with E-state index in [1.165, 1.54) is 21.3 Å². The van der Waals surface area contributed by atoms with Crippen LogP contribution in [0, 0.1) is 0 Å². The number of aryl methyl sites for hydroxylation is 1. The van der Waals surface area contributed by atoms with Gasteiger partial charge in [-0.15, -0.1) is 11.6 Å². The van der Waals surface area contributed by atoms with E-state index in [1.54, 1.807) is 7.05 Å². The van der Waals surface area contributed by atoms with Crippen LogP contribution in [0.1, 0.15) is 5.56 Å². The first-order valence-electron chi connectivity index (χ1n) is 6.14. The molecule has 0 amide bonds. The summed E-state index contributed by atoms with van der Waals surface area (Å²) in [6, 6.07) is 10.9. The molecule has 1 heterocycles. The third-order valence-electron chi connectivity index (χ3n) is 2.92. The summed E-state index contributed by atoms with van der Waals surface area (Å²) in [6.45, 7) is 0.547. The first kappa shape index (κ1) is 15.0. The summed E-state index contributed by atoms with van der Waals surface area (Å²) in [4.78, 5) is 0. The van der Waals surface area contributed by atoms with Crippen molar-refractivity contribution in [2.75, 3.05) is 12.4 Å². The molecule has 0 aliphatic rings. The largest absolute Gasteiger partial charge is 0.260 e. The first-order chi connectivity index (χ1) is 9.55. The average Bonchev–Trinajstić information content (AvgIpc) is 2.86. The maximum absolute atomic E-state index is 12.6. The Morgan fingerprint density at radius 2 is 1.95 bits per heavy atom. The van der Waals surface area contributed by atoms with Gasteiger partial charge >= 0.3 is 0 Å². The molecule has 0 spiro atoms. The van der Waals surface area contributed by atoms with Gasteiger partial charge in [0.05, 0.1) is 6.20 Å². The fraction of sp³-hybridized carbons (Fsp3) is 0.308. The molecule has 0 unspecified atom stereocenters. The van der Waals surface area contributed by atoms with Gasteiger partial charge in [-0.3, -0.25) is 4.68 Å². The minimum absolute atomic E-state index is 0.165. The molecule has 0 aliphatic heterocycles. The molecule has 0 radical (unpaired) electrons. The molecule has 0 aliphatic carbocycles. The van der Waals surface area contributed by atoms with E-state index in [-0.39, 0.29) is 17.5 Å². The zero-order valence-corrected chi connectivity index (χ0v) is 12.7. The Morgan fingerprint density at radius 1 is 1.25 bits per heavy atom. The molecule has 0 bridgehead atoms. The molecule has 2 aromatic rings. The van der Waals surface area contributed by atoms with Gasteiger partial charge in [-0.25, -0.2) is 8.42 Å². The third kappa shape index (κ3) is 3.20. The van der Waals surface area contributed by atoms with E-state index in [0.717, 1.165) is 5.56 Å². The van der Waals surface area contributed by atoms with E-state index < -0.39 is 10.0 Å². The predicted octanol–water partition coefficient (Wildman–Crippen LogP) is 1.85. The average molecular weight is 314 g/mol. The highest BCUT2D eigenvalue weighted by Gasteiger charge is 2.26. The molecule has 0 fully saturated rings. The Bertz CT molecular complexity index is 655. The summed E-state index contributed by atoms with van der Waals surface area (Å²) >= 11 is 5.74. The van der Waals surface area contributed by atoms with E-state index in [4.69, 9.17) is 11.6 Å². The molecule has 1 aromatic carbocycles. The Morgan fingerprint density at radius 3 is 2.50 bits per heavy atom. The van der Waals surface area contributed by atoms with Gasteiger partial charge in [0.15, 0.2) is 5.03 Å². The number of benzene rings is 1. The molecule has 0 saturated heterocycles. The number of aromatic nitrogens is 2. The maximum Gasteiger partial charge on any atom is 0.260 e. The highest BCUT2D eigenvalue weighted by Crippen LogP contribution is 2.17. The van der Waals surface area contributed by atoms with Crippen LogP contribution >= 0.6 is 11.6 Å². The molecule has 20 heavy (non-hydrogen) atoms. The molecule has 2 rings (SSSR count). The SMILES string of the molecule is Cn1nccc1S(=O)(=O)N(CCCl)Cc1ccccc1. The van der Waals surface area contributed by atoms with Crippen LogP contribution in [0.3, 0.4) is 0 Å². The van der Waals surface area contributed by atoms with Gasteiger partial charge in [-0.2, -0.15) is 9.40 Å². The Kier molecular flexibility index (Phi) is 4.80. The number of alkyl halides is 1. The molecule has 0 saturated carbocycles. The van der Waals surface area contributed by atoms with Gasteiger partial charge < -0.3 is 0 Å². The minimum atomic E-state index is -3.60. The lowest BCUT2D eigenvalue weighted by atomic mass is 10.2. The monoisotopic (exact) mass is 313 g/mol. The van der Waals surface area contributed by atoms with Crippen LogP contribution in [0.4, 0.5) is 0 Å². The predicted molar refractivity (Wildman–Crippen MR) is 78.0 cm³/mol. The fourth-order valence-corrected chi connectivity index (χ4v) is 3.75. The number of sulfonamides is 1. The smallest absolute Gasteiger partial charge is 0.256 e. The van der Waals surface area contributed by atoms with E-state index in [0.29, 0.717) is 6.54 Å². The molecule has 7 heteroatoms. The van der Waals surface area contributed by atoms with E-state index in [2.05, 4.69) is 5.10 Å². The van der Waals surface area contributed by atoms with Gasteiger partial charge in [0.2, 0.25) is 0 Å². The van der Waals surface area contributed by atoms with Crippen molar-refractivity contribution in [2.24, 2.45) is 7.05 Å². The number of nitrogens with zero attached hydrogens (tertiary/aromatic N) is 3. The van der Waals surface area contributed by atoms with Crippen LogP contribution in [0.5, 0.6) is 0 Å². The molecule has 5 nitrogen and oxygen atoms in total. The van der Waals surface area contributed by atoms with Crippen LogP contribution in [0.15, 0.2) is 47.6 Å². The van der Waals surface area contributed by atoms with Crippen LogP contribution in [-0.2, 0) is 23.6 Å². The lowest BCUT2D eigenvalue weighted by Crippen LogP contribution is -2.33. The third-order valence-corrected chi connectivity index (χ3v) is 5.01. The standard InChI is InChI=1S/C13H16ClN3O2S/c1-16-13(7-9-15-16)20(18,19)17(10-8-14)11-12-5-3-2-4-6-12/h2-7,9H,8,10-11H2,1H3. The summed E-state index contributed by atoms with van der Waals surface area (Å²) in [5, 5.41) is 4.08. The topological polar surface area (TPSA) is 55.2 Å². The zero-order valence-electron chi connectivity index (χ0n) is 11.1. The van der Waals surface area contributed by atoms with Crippen LogP contribution in [-0.4, -0.2) is 34.9 Å². The van der Waals surface area contributed by atoms with Crippen molar-refractivity contribution >= 4 is 21.6 Å². The van der Waals surface area contributed by atoms with E-state index >= 15 is 0 Å². The quantitative estimate of drug-likeness (QED) is 0.765. The summed E-state index contributed by atoms with van der Waals surface area (Å²) in [7, 11) is -1.99. The van der Waals surface area contributed by atoms with E-state index in [1.807, 2.05) is 30.3 Å². The second-order valence-electron chi connectivity index (χ2n) is 4.31. The van der Waals surface area contributed by atoms with Crippen molar-refractivity contribution in [3.63, 3.8) is 0 Å². The molecular formula is C13H16ClN3O2S. The minimum Gasteiger partial charge on any atom is -0.256 e. The zero-order chi connectivity index (χ0) is 14.6. The van der Waals surface area contributed by atoms with Gasteiger partial charge in [0, 0.05) is 26.0 Å². The summed E-state index contributed by atoms with van der Waals surface area (Å²) in [5.74, 6) is 0.240. The Labute approximate surface area is 123 Å². The molecule has 0 N–H and O–H groups in total. The van der Waals surface area contributed by atoms with Gasteiger partial charge in [-0.1, -0.05) is 30.3 Å². The fourth-order valence-electron chi connectivity index (χ4n) is 1.91. The number of hydrogen-bond acceptors (Lipinski definition) is 3. The molecular weight excluding hydrogens is 298 g/mol. The van der Waals surface area contributed by atoms with Gasteiger partial charge in [0.1, 0.15) is 0 Å². The normalized spacial score (nSPS) is 11.9. The molecule has 0 atom stereocenters. The van der Waals surface area contributed by atoms with Crippen molar-refractivity contribution in [1.82, 2.24) is 14.1 Å². The maximum atomic E-state index is 12.6. The van der Waals surface area contributed by atoms with Crippen molar-refractivity contribution in [3.8, 4) is 0 Å². The number of hydrogen-bond donors (Lipinski definition) is 0. The summed E-state index contributed by atoms with van der Waals surface area (Å²) in [5.41, 5.74) is 0.920. The van der Waals surface area contributed by atoms with Crippen molar-refractivity contribution in [1.29, 1.82) is 0 Å². The molecule has 108 valence electrons. The van der Waals surface area contributed by atoms with Gasteiger partial charge in [-0.05, 0) is 11.6 Å². The van der Waals surface area contributed by atoms with Crippen molar-refractivity contribution < 1.29 is 8.42 Å². The Hall–Kier alpha value is -1.37. The summed E-state index contributed by atoms with van der Waals surface area (Å²) in [6.07, 6.45) is 1.47. The van der Waals surface area contributed by atoms with Crippen molar-refractivity contribution in [2.45, 2.75) is 11.6 Å². The number of halogens is 1. The first-order valence-corrected chi connectivity index (χ1v) is 8.11. The second kappa shape index (κ2) is 6.39. The highest BCUT2D eigenvalue weighted by molar-refractivity contribution is 7.89. The van der Waals surface area contributed by atoms with Crippen LogP contribution in [0.2, 0.25) is 0 Å². The lowest BCUT2D eigenvalue weighted by molar-refractivity contribution is 0.418. The summed E-state index contributed by atoms with van der Waals surface area (Å²) < 4.78 is 27.9.